The first-order chi connectivity index (χ1) is 13.2. The summed E-state index contributed by atoms with van der Waals surface area (Å²) < 4.78 is 11.4. The summed E-state index contributed by atoms with van der Waals surface area (Å²) in [5, 5.41) is 4.22. The summed E-state index contributed by atoms with van der Waals surface area (Å²) in [5.41, 5.74) is 1.06. The zero-order chi connectivity index (χ0) is 19.9. The number of unbranched alkanes of at least 4 members (excludes halogenated alkanes) is 2. The van der Waals surface area contributed by atoms with Crippen molar-refractivity contribution < 1.29 is 9.47 Å². The second-order valence-electron chi connectivity index (χ2n) is 7.02. The molecule has 0 fully saturated rings. The Labute approximate surface area is 171 Å². The molecule has 0 aliphatic rings. The third-order valence-corrected chi connectivity index (χ3v) is 4.78. The third kappa shape index (κ3) is 9.68. The molecular formula is C22H39ClN2O2. The lowest BCUT2D eigenvalue weighted by Gasteiger charge is -2.22. The SMILES string of the molecule is CCCCN(CCCC)CCCNCc1cc(Cl)cc(OC)c1OCCC. The van der Waals surface area contributed by atoms with E-state index in [9.17, 15) is 0 Å². The van der Waals surface area contributed by atoms with Gasteiger partial charge in [-0.2, -0.15) is 0 Å². The lowest BCUT2D eigenvalue weighted by Crippen LogP contribution is -2.29. The highest BCUT2D eigenvalue weighted by molar-refractivity contribution is 6.30. The van der Waals surface area contributed by atoms with E-state index in [1.54, 1.807) is 7.11 Å². The smallest absolute Gasteiger partial charge is 0.165 e. The molecule has 1 aromatic rings. The van der Waals surface area contributed by atoms with E-state index in [0.29, 0.717) is 17.4 Å². The van der Waals surface area contributed by atoms with E-state index in [-0.39, 0.29) is 0 Å². The van der Waals surface area contributed by atoms with Crippen LogP contribution in [0.2, 0.25) is 5.02 Å². The quantitative estimate of drug-likeness (QED) is 0.372. The van der Waals surface area contributed by atoms with Crippen molar-refractivity contribution in [3.05, 3.63) is 22.7 Å². The lowest BCUT2D eigenvalue weighted by molar-refractivity contribution is 0.260. The molecule has 156 valence electrons. The van der Waals surface area contributed by atoms with Gasteiger partial charge in [-0.25, -0.2) is 0 Å². The molecule has 0 radical (unpaired) electrons. The first-order valence-corrected chi connectivity index (χ1v) is 11.0. The van der Waals surface area contributed by atoms with E-state index in [2.05, 4.69) is 31.0 Å². The molecule has 0 heterocycles. The van der Waals surface area contributed by atoms with Gasteiger partial charge in [0, 0.05) is 23.2 Å². The van der Waals surface area contributed by atoms with Crippen LogP contribution in [0.3, 0.4) is 0 Å². The topological polar surface area (TPSA) is 33.7 Å². The maximum absolute atomic E-state index is 6.24. The Morgan fingerprint density at radius 3 is 2.22 bits per heavy atom. The van der Waals surface area contributed by atoms with Crippen molar-refractivity contribution in [3.8, 4) is 11.5 Å². The summed E-state index contributed by atoms with van der Waals surface area (Å²) in [6.45, 7) is 12.6. The lowest BCUT2D eigenvalue weighted by atomic mass is 10.1. The van der Waals surface area contributed by atoms with Crippen molar-refractivity contribution in [2.24, 2.45) is 0 Å². The average molecular weight is 399 g/mol. The Morgan fingerprint density at radius 1 is 0.963 bits per heavy atom. The van der Waals surface area contributed by atoms with Crippen molar-refractivity contribution in [1.29, 1.82) is 0 Å². The minimum atomic E-state index is 0.675. The summed E-state index contributed by atoms with van der Waals surface area (Å²) in [5.74, 6) is 1.52. The number of nitrogens with one attached hydrogen (secondary N) is 1. The molecule has 0 aliphatic heterocycles. The van der Waals surface area contributed by atoms with Gasteiger partial charge in [-0.3, -0.25) is 0 Å². The number of hydrogen-bond acceptors (Lipinski definition) is 4. The molecular weight excluding hydrogens is 360 g/mol. The number of halogens is 1. The predicted molar refractivity (Wildman–Crippen MR) is 116 cm³/mol. The molecule has 27 heavy (non-hydrogen) atoms. The monoisotopic (exact) mass is 398 g/mol. The molecule has 0 atom stereocenters. The molecule has 0 spiro atoms. The van der Waals surface area contributed by atoms with Gasteiger partial charge < -0.3 is 19.7 Å². The van der Waals surface area contributed by atoms with Crippen molar-refractivity contribution >= 4 is 11.6 Å². The van der Waals surface area contributed by atoms with Crippen LogP contribution in [0.4, 0.5) is 0 Å². The first kappa shape index (κ1) is 24.1. The van der Waals surface area contributed by atoms with Crippen LogP contribution in [0, 0.1) is 0 Å². The zero-order valence-corrected chi connectivity index (χ0v) is 18.5. The molecule has 5 heteroatoms. The second kappa shape index (κ2) is 15.0. The first-order valence-electron chi connectivity index (χ1n) is 10.6. The minimum Gasteiger partial charge on any atom is -0.493 e. The highest BCUT2D eigenvalue weighted by Crippen LogP contribution is 2.34. The summed E-state index contributed by atoms with van der Waals surface area (Å²) in [4.78, 5) is 2.60. The van der Waals surface area contributed by atoms with Crippen LogP contribution >= 0.6 is 11.6 Å². The van der Waals surface area contributed by atoms with Gasteiger partial charge in [0.1, 0.15) is 0 Å². The van der Waals surface area contributed by atoms with Crippen LogP contribution in [0.25, 0.3) is 0 Å². The Bertz CT molecular complexity index is 503. The Hall–Kier alpha value is -0.970. The van der Waals surface area contributed by atoms with Gasteiger partial charge in [-0.15, -0.1) is 0 Å². The highest BCUT2D eigenvalue weighted by atomic mass is 35.5. The van der Waals surface area contributed by atoms with Gasteiger partial charge >= 0.3 is 0 Å². The number of methoxy groups -OCH3 is 1. The molecule has 0 saturated carbocycles. The third-order valence-electron chi connectivity index (χ3n) is 4.57. The number of benzene rings is 1. The fraction of sp³-hybridized carbons (Fsp3) is 0.727. The largest absolute Gasteiger partial charge is 0.493 e. The number of ether oxygens (including phenoxy) is 2. The number of nitrogens with zero attached hydrogens (tertiary/aromatic N) is 1. The van der Waals surface area contributed by atoms with Gasteiger partial charge in [0.15, 0.2) is 11.5 Å². The van der Waals surface area contributed by atoms with E-state index in [4.69, 9.17) is 21.1 Å². The maximum atomic E-state index is 6.24. The highest BCUT2D eigenvalue weighted by Gasteiger charge is 2.12. The van der Waals surface area contributed by atoms with E-state index in [1.165, 1.54) is 38.8 Å². The van der Waals surface area contributed by atoms with Crippen LogP contribution in [0.1, 0.15) is 64.9 Å². The number of hydrogen-bond donors (Lipinski definition) is 1. The summed E-state index contributed by atoms with van der Waals surface area (Å²) in [6.07, 6.45) is 7.21. The minimum absolute atomic E-state index is 0.675. The van der Waals surface area contributed by atoms with Crippen molar-refractivity contribution in [2.75, 3.05) is 39.9 Å². The predicted octanol–water partition coefficient (Wildman–Crippen LogP) is 5.52. The van der Waals surface area contributed by atoms with Gasteiger partial charge in [-0.1, -0.05) is 45.2 Å². The van der Waals surface area contributed by atoms with Crippen LogP contribution in [0.15, 0.2) is 12.1 Å². The summed E-state index contributed by atoms with van der Waals surface area (Å²) in [6, 6.07) is 3.78. The van der Waals surface area contributed by atoms with Gasteiger partial charge in [-0.05, 0) is 57.9 Å². The zero-order valence-electron chi connectivity index (χ0n) is 17.8. The Balaban J connectivity index is 2.51. The van der Waals surface area contributed by atoms with Gasteiger partial charge in [0.2, 0.25) is 0 Å². The normalized spacial score (nSPS) is 11.2. The molecule has 0 saturated heterocycles. The fourth-order valence-corrected chi connectivity index (χ4v) is 3.25. The molecule has 0 unspecified atom stereocenters. The van der Waals surface area contributed by atoms with Crippen molar-refractivity contribution in [3.63, 3.8) is 0 Å². The Kier molecular flexibility index (Phi) is 13.4. The van der Waals surface area contributed by atoms with Crippen molar-refractivity contribution in [2.45, 2.75) is 65.8 Å². The van der Waals surface area contributed by atoms with Crippen LogP contribution < -0.4 is 14.8 Å². The molecule has 0 aromatic heterocycles. The van der Waals surface area contributed by atoms with E-state index >= 15 is 0 Å². The molecule has 1 aromatic carbocycles. The second-order valence-corrected chi connectivity index (χ2v) is 7.46. The molecule has 0 bridgehead atoms. The number of rotatable bonds is 16. The van der Waals surface area contributed by atoms with Crippen LogP contribution in [-0.4, -0.2) is 44.8 Å². The van der Waals surface area contributed by atoms with E-state index in [1.807, 2.05) is 12.1 Å². The average Bonchev–Trinajstić information content (AvgIpc) is 2.67. The van der Waals surface area contributed by atoms with Gasteiger partial charge in [0.05, 0.1) is 13.7 Å². The molecule has 4 nitrogen and oxygen atoms in total. The van der Waals surface area contributed by atoms with Crippen LogP contribution in [-0.2, 0) is 6.54 Å². The Morgan fingerprint density at radius 2 is 1.63 bits per heavy atom. The maximum Gasteiger partial charge on any atom is 0.165 e. The van der Waals surface area contributed by atoms with E-state index in [0.717, 1.165) is 43.8 Å². The molecule has 1 N–H and O–H groups in total. The summed E-state index contributed by atoms with van der Waals surface area (Å²) in [7, 11) is 1.66. The van der Waals surface area contributed by atoms with Crippen LogP contribution in [0.5, 0.6) is 11.5 Å². The van der Waals surface area contributed by atoms with Crippen molar-refractivity contribution in [1.82, 2.24) is 10.2 Å². The molecule has 1 rings (SSSR count). The van der Waals surface area contributed by atoms with Gasteiger partial charge in [0.25, 0.3) is 0 Å². The molecule has 0 aliphatic carbocycles. The van der Waals surface area contributed by atoms with E-state index < -0.39 is 0 Å². The summed E-state index contributed by atoms with van der Waals surface area (Å²) >= 11 is 6.24. The molecule has 0 amide bonds. The fourth-order valence-electron chi connectivity index (χ4n) is 3.02. The standard InChI is InChI=1S/C22H39ClN2O2/c1-5-8-12-25(13-9-6-2)14-10-11-24-18-19-16-20(23)17-21(26-4)22(19)27-15-7-3/h16-17,24H,5-15,18H2,1-4H3.